The number of hydrogen-bond donors (Lipinski definition) is 0. The lowest BCUT2D eigenvalue weighted by Crippen LogP contribution is -2.37. The van der Waals surface area contributed by atoms with E-state index in [2.05, 4.69) is 35.0 Å². The first-order valence-corrected chi connectivity index (χ1v) is 11.0. The molecule has 0 radical (unpaired) electrons. The van der Waals surface area contributed by atoms with Crippen molar-refractivity contribution in [1.82, 2.24) is 29.3 Å². The van der Waals surface area contributed by atoms with Crippen molar-refractivity contribution < 1.29 is 9.47 Å². The van der Waals surface area contributed by atoms with Crippen LogP contribution < -0.4 is 4.90 Å². The molecule has 1 saturated heterocycles. The minimum atomic E-state index is 0.285. The van der Waals surface area contributed by atoms with Gasteiger partial charge in [0.1, 0.15) is 12.4 Å². The number of aryl methyl sites for hydroxylation is 2. The van der Waals surface area contributed by atoms with Crippen molar-refractivity contribution in [2.24, 2.45) is 7.05 Å². The van der Waals surface area contributed by atoms with Crippen molar-refractivity contribution in [2.45, 2.75) is 20.1 Å². The molecule has 0 unspecified atom stereocenters. The summed E-state index contributed by atoms with van der Waals surface area (Å²) in [6.45, 7) is 5.72. The highest BCUT2D eigenvalue weighted by Crippen LogP contribution is 2.21. The second-order valence-corrected chi connectivity index (χ2v) is 8.14. The zero-order chi connectivity index (χ0) is 22.6. The van der Waals surface area contributed by atoms with E-state index < -0.39 is 0 Å². The molecule has 1 aliphatic heterocycles. The molecular formula is C24H27N7O2. The molecule has 4 heterocycles. The summed E-state index contributed by atoms with van der Waals surface area (Å²) in [6.07, 6.45) is 5.63. The molecule has 1 fully saturated rings. The summed E-state index contributed by atoms with van der Waals surface area (Å²) >= 11 is 0. The summed E-state index contributed by atoms with van der Waals surface area (Å²) in [5.74, 6) is 2.17. The van der Waals surface area contributed by atoms with Crippen LogP contribution in [0.1, 0.15) is 17.1 Å². The zero-order valence-electron chi connectivity index (χ0n) is 18.9. The van der Waals surface area contributed by atoms with E-state index in [0.29, 0.717) is 31.5 Å². The lowest BCUT2D eigenvalue weighted by Gasteiger charge is -2.28. The maximum atomic E-state index is 5.87. The van der Waals surface area contributed by atoms with E-state index in [1.165, 1.54) is 5.56 Å². The van der Waals surface area contributed by atoms with Crippen molar-refractivity contribution in [3.8, 4) is 17.1 Å². The molecule has 4 aromatic rings. The minimum Gasteiger partial charge on any atom is -0.378 e. The first kappa shape index (κ1) is 21.3. The molecule has 0 bridgehead atoms. The van der Waals surface area contributed by atoms with E-state index in [0.717, 1.165) is 35.9 Å². The predicted octanol–water partition coefficient (Wildman–Crippen LogP) is 2.92. The molecule has 0 N–H and O–H groups in total. The normalized spacial score (nSPS) is 14.1. The van der Waals surface area contributed by atoms with Gasteiger partial charge in [-0.05, 0) is 19.1 Å². The fourth-order valence-electron chi connectivity index (χ4n) is 3.80. The number of rotatable bonds is 7. The SMILES string of the molecule is Cc1cccc(-c2ccn(-c3cc(N4CCOCC4)nc(COCc4cn(C)cn4)n3)n2)c1. The third kappa shape index (κ3) is 5.10. The standard InChI is InChI=1S/C24H27N7O2/c1-18-4-3-5-19(12-18)21-6-7-31(28-21)24-13-23(30-8-10-32-11-9-30)26-22(27-24)16-33-15-20-14-29(2)17-25-20/h3-7,12-14,17H,8-11,15-16H2,1-2H3. The predicted molar refractivity (Wildman–Crippen MR) is 124 cm³/mol. The highest BCUT2D eigenvalue weighted by atomic mass is 16.5. The number of morpholine rings is 1. The largest absolute Gasteiger partial charge is 0.378 e. The van der Waals surface area contributed by atoms with Crippen LogP contribution in [0, 0.1) is 6.92 Å². The molecule has 0 aliphatic carbocycles. The zero-order valence-corrected chi connectivity index (χ0v) is 18.9. The molecule has 3 aromatic heterocycles. The Hall–Kier alpha value is -3.56. The number of nitrogens with zero attached hydrogens (tertiary/aromatic N) is 7. The fraction of sp³-hybridized carbons (Fsp3) is 0.333. The average molecular weight is 446 g/mol. The van der Waals surface area contributed by atoms with Crippen LogP contribution >= 0.6 is 0 Å². The maximum Gasteiger partial charge on any atom is 0.159 e. The molecule has 0 atom stereocenters. The van der Waals surface area contributed by atoms with Crippen molar-refractivity contribution in [3.63, 3.8) is 0 Å². The van der Waals surface area contributed by atoms with Crippen LogP contribution in [-0.4, -0.2) is 55.6 Å². The smallest absolute Gasteiger partial charge is 0.159 e. The number of aromatic nitrogens is 6. The van der Waals surface area contributed by atoms with E-state index in [9.17, 15) is 0 Å². The van der Waals surface area contributed by atoms with Gasteiger partial charge in [-0.1, -0.05) is 23.8 Å². The van der Waals surface area contributed by atoms with Gasteiger partial charge in [-0.15, -0.1) is 0 Å². The van der Waals surface area contributed by atoms with Gasteiger partial charge in [-0.25, -0.2) is 19.6 Å². The molecule has 0 amide bonds. The highest BCUT2D eigenvalue weighted by Gasteiger charge is 2.16. The molecule has 1 aliphatic rings. The van der Waals surface area contributed by atoms with Gasteiger partial charge in [0.05, 0.1) is 37.5 Å². The van der Waals surface area contributed by atoms with Gasteiger partial charge in [0.25, 0.3) is 0 Å². The van der Waals surface area contributed by atoms with E-state index in [1.54, 1.807) is 11.0 Å². The summed E-state index contributed by atoms with van der Waals surface area (Å²) in [7, 11) is 1.94. The fourth-order valence-corrected chi connectivity index (χ4v) is 3.80. The van der Waals surface area contributed by atoms with Crippen LogP contribution in [-0.2, 0) is 29.7 Å². The Morgan fingerprint density at radius 1 is 1.03 bits per heavy atom. The third-order valence-electron chi connectivity index (χ3n) is 5.46. The molecular weight excluding hydrogens is 418 g/mol. The Bertz CT molecular complexity index is 1230. The number of imidazole rings is 1. The topological polar surface area (TPSA) is 83.1 Å². The van der Waals surface area contributed by atoms with Crippen molar-refractivity contribution >= 4 is 5.82 Å². The van der Waals surface area contributed by atoms with E-state index in [4.69, 9.17) is 24.5 Å². The van der Waals surface area contributed by atoms with E-state index in [1.807, 2.05) is 42.2 Å². The minimum absolute atomic E-state index is 0.285. The molecule has 5 rings (SSSR count). The Morgan fingerprint density at radius 2 is 1.88 bits per heavy atom. The average Bonchev–Trinajstić information content (AvgIpc) is 3.49. The van der Waals surface area contributed by atoms with Crippen LogP contribution in [0.2, 0.25) is 0 Å². The third-order valence-corrected chi connectivity index (χ3v) is 5.46. The molecule has 170 valence electrons. The summed E-state index contributed by atoms with van der Waals surface area (Å²) in [4.78, 5) is 16.0. The van der Waals surface area contributed by atoms with Crippen LogP contribution in [0.15, 0.2) is 55.1 Å². The Kier molecular flexibility index (Phi) is 6.14. The molecule has 9 heteroatoms. The van der Waals surface area contributed by atoms with E-state index >= 15 is 0 Å². The number of benzene rings is 1. The quantitative estimate of drug-likeness (QED) is 0.432. The first-order chi connectivity index (χ1) is 16.1. The van der Waals surface area contributed by atoms with E-state index in [-0.39, 0.29) is 6.61 Å². The molecule has 9 nitrogen and oxygen atoms in total. The lowest BCUT2D eigenvalue weighted by molar-refractivity contribution is 0.0991. The number of ether oxygens (including phenoxy) is 2. The van der Waals surface area contributed by atoms with Gasteiger partial charge in [-0.2, -0.15) is 5.10 Å². The summed E-state index contributed by atoms with van der Waals surface area (Å²) in [6, 6.07) is 12.3. The second kappa shape index (κ2) is 9.51. The van der Waals surface area contributed by atoms with Crippen molar-refractivity contribution in [2.75, 3.05) is 31.2 Å². The molecule has 0 saturated carbocycles. The Morgan fingerprint density at radius 3 is 2.67 bits per heavy atom. The monoisotopic (exact) mass is 445 g/mol. The lowest BCUT2D eigenvalue weighted by atomic mass is 10.1. The highest BCUT2D eigenvalue weighted by molar-refractivity contribution is 5.60. The number of hydrogen-bond acceptors (Lipinski definition) is 7. The molecule has 0 spiro atoms. The summed E-state index contributed by atoms with van der Waals surface area (Å²) in [5, 5.41) is 4.78. The van der Waals surface area contributed by atoms with Gasteiger partial charge in [0.15, 0.2) is 11.6 Å². The van der Waals surface area contributed by atoms with Crippen LogP contribution in [0.3, 0.4) is 0 Å². The first-order valence-electron chi connectivity index (χ1n) is 11.0. The van der Waals surface area contributed by atoms with Crippen LogP contribution in [0.5, 0.6) is 0 Å². The summed E-state index contributed by atoms with van der Waals surface area (Å²) in [5.41, 5.74) is 4.05. The molecule has 1 aromatic carbocycles. The van der Waals surface area contributed by atoms with Gasteiger partial charge in [-0.3, -0.25) is 0 Å². The Labute approximate surface area is 192 Å². The maximum absolute atomic E-state index is 5.87. The van der Waals surface area contributed by atoms with Crippen LogP contribution in [0.4, 0.5) is 5.82 Å². The van der Waals surface area contributed by atoms with Gasteiger partial charge in [0.2, 0.25) is 0 Å². The number of anilines is 1. The van der Waals surface area contributed by atoms with Gasteiger partial charge >= 0.3 is 0 Å². The van der Waals surface area contributed by atoms with Crippen molar-refractivity contribution in [1.29, 1.82) is 0 Å². The van der Waals surface area contributed by atoms with Gasteiger partial charge < -0.3 is 18.9 Å². The Balaban J connectivity index is 1.41. The second-order valence-electron chi connectivity index (χ2n) is 8.14. The van der Waals surface area contributed by atoms with Crippen LogP contribution in [0.25, 0.3) is 17.1 Å². The van der Waals surface area contributed by atoms with Gasteiger partial charge in [0, 0.05) is 44.2 Å². The van der Waals surface area contributed by atoms with Crippen molar-refractivity contribution in [3.05, 3.63) is 72.2 Å². The summed E-state index contributed by atoms with van der Waals surface area (Å²) < 4.78 is 15.1. The molecule has 33 heavy (non-hydrogen) atoms.